The summed E-state index contributed by atoms with van der Waals surface area (Å²) in [6.07, 6.45) is 17.2. The third kappa shape index (κ3) is 10.2. The van der Waals surface area contributed by atoms with E-state index in [9.17, 15) is 0 Å². The molecule has 0 spiro atoms. The quantitative estimate of drug-likeness (QED) is 0.470. The summed E-state index contributed by atoms with van der Waals surface area (Å²) in [4.78, 5) is 0. The minimum Gasteiger partial charge on any atom is -1.00 e. The van der Waals surface area contributed by atoms with Gasteiger partial charge < -0.3 is 12.4 Å². The number of nitrogens with zero attached hydrogens (tertiary/aromatic N) is 1. The Labute approximate surface area is 166 Å². The Balaban J connectivity index is 0.000000532. The lowest BCUT2D eigenvalue weighted by Gasteiger charge is -2.05. The number of pyridine rings is 1. The van der Waals surface area contributed by atoms with E-state index in [-0.39, 0.29) is 12.4 Å². The van der Waals surface area contributed by atoms with Crippen LogP contribution >= 0.6 is 0 Å². The predicted octanol–water partition coefficient (Wildman–Crippen LogP) is 3.39. The Kier molecular flexibility index (Phi) is 14.3. The van der Waals surface area contributed by atoms with Crippen molar-refractivity contribution in [1.82, 2.24) is 0 Å². The minimum absolute atomic E-state index is 0. The number of hydrogen-bond donors (Lipinski definition) is 0. The van der Waals surface area contributed by atoms with Gasteiger partial charge in [0.1, 0.15) is 7.05 Å². The number of rotatable bonds is 9. The maximum atomic E-state index is 3.86. The van der Waals surface area contributed by atoms with Crippen molar-refractivity contribution >= 4 is 12.2 Å². The highest BCUT2D eigenvalue weighted by atomic mass is 35.5. The molecule has 0 bridgehead atoms. The molecule has 1 heterocycles. The van der Waals surface area contributed by atoms with Crippen molar-refractivity contribution in [3.8, 4) is 0 Å². The molecule has 0 N–H and O–H groups in total. The topological polar surface area (TPSA) is 3.88 Å². The Morgan fingerprint density at radius 2 is 1.46 bits per heavy atom. The number of hydrogen-bond acceptors (Lipinski definition) is 0. The van der Waals surface area contributed by atoms with E-state index in [0.29, 0.717) is 0 Å². The molecule has 0 saturated heterocycles. The summed E-state index contributed by atoms with van der Waals surface area (Å²) in [5.74, 6) is 0. The molecule has 0 amide bonds. The lowest BCUT2D eigenvalue weighted by Crippen LogP contribution is -3.00. The second-order valence-electron chi connectivity index (χ2n) is 6.42. The predicted molar refractivity (Wildman–Crippen MR) is 111 cm³/mol. The highest BCUT2D eigenvalue weighted by molar-refractivity contribution is 5.51. The van der Waals surface area contributed by atoms with E-state index in [1.165, 1.54) is 56.1 Å². The summed E-state index contributed by atoms with van der Waals surface area (Å²) in [6.45, 7) is 9.78. The van der Waals surface area contributed by atoms with Crippen molar-refractivity contribution in [3.05, 3.63) is 78.6 Å². The zero-order valence-electron chi connectivity index (χ0n) is 16.5. The van der Waals surface area contributed by atoms with Crippen molar-refractivity contribution in [3.63, 3.8) is 0 Å². The van der Waals surface area contributed by atoms with Crippen LogP contribution in [0.3, 0.4) is 0 Å². The van der Waals surface area contributed by atoms with Crippen molar-refractivity contribution in [2.75, 3.05) is 0 Å². The molecular weight excluding hydrogens is 338 g/mol. The van der Waals surface area contributed by atoms with Crippen molar-refractivity contribution in [1.29, 1.82) is 0 Å². The van der Waals surface area contributed by atoms with Gasteiger partial charge >= 0.3 is 0 Å². The number of halogens is 1. The van der Waals surface area contributed by atoms with Gasteiger partial charge in [-0.15, -0.1) is 0 Å². The minimum atomic E-state index is 0. The molecule has 1 nitrogen and oxygen atoms in total. The second-order valence-corrected chi connectivity index (χ2v) is 6.42. The summed E-state index contributed by atoms with van der Waals surface area (Å²) in [5.41, 5.74) is 3.91. The lowest BCUT2D eigenvalue weighted by molar-refractivity contribution is -0.671. The van der Waals surface area contributed by atoms with Crippen LogP contribution in [0.5, 0.6) is 0 Å². The first-order valence-electron chi connectivity index (χ1n) is 9.49. The van der Waals surface area contributed by atoms with Crippen LogP contribution in [0.1, 0.15) is 62.1 Å². The van der Waals surface area contributed by atoms with E-state index >= 15 is 0 Å². The van der Waals surface area contributed by atoms with Crippen molar-refractivity contribution in [2.24, 2.45) is 7.05 Å². The van der Waals surface area contributed by atoms with E-state index < -0.39 is 0 Å². The fourth-order valence-corrected chi connectivity index (χ4v) is 2.71. The fourth-order valence-electron chi connectivity index (χ4n) is 2.71. The lowest BCUT2D eigenvalue weighted by atomic mass is 10.0. The van der Waals surface area contributed by atoms with Crippen LogP contribution in [0.4, 0.5) is 0 Å². The molecule has 26 heavy (non-hydrogen) atoms. The van der Waals surface area contributed by atoms with Crippen molar-refractivity contribution in [2.45, 2.75) is 51.9 Å². The molecule has 1 aromatic heterocycles. The molecule has 0 atom stereocenters. The Hall–Kier alpha value is -1.86. The van der Waals surface area contributed by atoms with E-state index in [1.807, 2.05) is 48.3 Å². The Bertz CT molecular complexity index is 616. The Morgan fingerprint density at radius 3 is 2.08 bits per heavy atom. The zero-order valence-corrected chi connectivity index (χ0v) is 17.2. The average molecular weight is 372 g/mol. The standard InChI is InChI=1S/C16H24.C8H10N.ClH/c1-3-5-6-7-8-9-13-16-14-11-10-12-15(16)4-2;1-3-8-4-6-9(2)7-5-8;/h4,10-12,14H,2-3,5-9,13H2,1H3;3-7H,1H2,2H3;1H/q;+1;/p-1. The van der Waals surface area contributed by atoms with Gasteiger partial charge in [0.2, 0.25) is 0 Å². The highest BCUT2D eigenvalue weighted by Crippen LogP contribution is 2.14. The highest BCUT2D eigenvalue weighted by Gasteiger charge is 1.98. The van der Waals surface area contributed by atoms with Gasteiger partial charge in [0.15, 0.2) is 12.4 Å². The first-order chi connectivity index (χ1) is 12.2. The molecule has 2 rings (SSSR count). The molecule has 0 aliphatic heterocycles. The van der Waals surface area contributed by atoms with Crippen LogP contribution in [0, 0.1) is 0 Å². The van der Waals surface area contributed by atoms with Crippen LogP contribution in [0.25, 0.3) is 12.2 Å². The van der Waals surface area contributed by atoms with E-state index in [2.05, 4.69) is 44.3 Å². The summed E-state index contributed by atoms with van der Waals surface area (Å²) in [5, 5.41) is 0. The van der Waals surface area contributed by atoms with Gasteiger partial charge in [-0.25, -0.2) is 4.57 Å². The molecule has 2 aromatic rings. The summed E-state index contributed by atoms with van der Waals surface area (Å²) >= 11 is 0. The third-order valence-corrected chi connectivity index (χ3v) is 4.31. The first-order valence-corrected chi connectivity index (χ1v) is 9.49. The molecule has 2 heteroatoms. The number of aryl methyl sites for hydroxylation is 2. The number of aromatic nitrogens is 1. The maximum Gasteiger partial charge on any atom is 0.169 e. The van der Waals surface area contributed by atoms with E-state index in [1.54, 1.807) is 0 Å². The van der Waals surface area contributed by atoms with Crippen LogP contribution in [0.2, 0.25) is 0 Å². The summed E-state index contributed by atoms with van der Waals surface area (Å²) < 4.78 is 1.99. The first kappa shape index (κ1) is 24.1. The van der Waals surface area contributed by atoms with Gasteiger partial charge in [-0.05, 0) is 29.5 Å². The van der Waals surface area contributed by atoms with Gasteiger partial charge in [0.05, 0.1) is 0 Å². The molecule has 0 saturated carbocycles. The van der Waals surface area contributed by atoms with Crippen LogP contribution < -0.4 is 17.0 Å². The summed E-state index contributed by atoms with van der Waals surface area (Å²) in [6, 6.07) is 12.6. The molecule has 0 aliphatic rings. The molecule has 0 radical (unpaired) electrons. The third-order valence-electron chi connectivity index (χ3n) is 4.31. The average Bonchev–Trinajstić information content (AvgIpc) is 2.66. The van der Waals surface area contributed by atoms with Crippen LogP contribution in [-0.4, -0.2) is 0 Å². The molecule has 1 aromatic carbocycles. The second kappa shape index (κ2) is 15.4. The maximum absolute atomic E-state index is 3.86. The molecule has 0 unspecified atom stereocenters. The summed E-state index contributed by atoms with van der Waals surface area (Å²) in [7, 11) is 1.99. The molecule has 0 fully saturated rings. The molecule has 0 aliphatic carbocycles. The van der Waals surface area contributed by atoms with Gasteiger partial charge in [-0.1, -0.05) is 88.6 Å². The smallest absolute Gasteiger partial charge is 0.169 e. The largest absolute Gasteiger partial charge is 1.00 e. The monoisotopic (exact) mass is 371 g/mol. The van der Waals surface area contributed by atoms with Gasteiger partial charge in [0.25, 0.3) is 0 Å². The van der Waals surface area contributed by atoms with E-state index in [0.717, 1.165) is 5.56 Å². The zero-order chi connectivity index (χ0) is 18.3. The number of benzene rings is 1. The van der Waals surface area contributed by atoms with E-state index in [4.69, 9.17) is 0 Å². The Morgan fingerprint density at radius 1 is 0.846 bits per heavy atom. The van der Waals surface area contributed by atoms with Crippen LogP contribution in [-0.2, 0) is 13.5 Å². The van der Waals surface area contributed by atoms with Crippen molar-refractivity contribution < 1.29 is 17.0 Å². The SMILES string of the molecule is C=Cc1cc[n+](C)cc1.C=Cc1ccccc1CCCCCCCC.[Cl-]. The number of unbranched alkanes of at least 4 members (excludes halogenated alkanes) is 5. The normalized spacial score (nSPS) is 9.46. The molecular formula is C24H34ClN. The van der Waals surface area contributed by atoms with Gasteiger partial charge in [0, 0.05) is 12.1 Å². The van der Waals surface area contributed by atoms with Gasteiger partial charge in [-0.3, -0.25) is 0 Å². The fraction of sp³-hybridized carbons (Fsp3) is 0.375. The van der Waals surface area contributed by atoms with Crippen LogP contribution in [0.15, 0.2) is 61.9 Å². The molecule has 142 valence electrons. The van der Waals surface area contributed by atoms with Gasteiger partial charge in [-0.2, -0.15) is 0 Å².